The second-order valence-corrected chi connectivity index (χ2v) is 8.13. The lowest BCUT2D eigenvalue weighted by molar-refractivity contribution is 0.0327. The van der Waals surface area contributed by atoms with E-state index in [2.05, 4.69) is 9.88 Å². The van der Waals surface area contributed by atoms with Crippen molar-refractivity contribution in [2.24, 2.45) is 11.8 Å². The molecule has 1 aromatic heterocycles. The number of hydrogen-bond donors (Lipinski definition) is 3. The zero-order valence-electron chi connectivity index (χ0n) is 15.1. The summed E-state index contributed by atoms with van der Waals surface area (Å²) >= 11 is 0. The van der Waals surface area contributed by atoms with Crippen LogP contribution >= 0.6 is 0 Å². The van der Waals surface area contributed by atoms with Crippen LogP contribution in [0.4, 0.5) is 4.39 Å². The van der Waals surface area contributed by atoms with Gasteiger partial charge in [-0.1, -0.05) is 12.1 Å². The number of aromatic nitrogens is 1. The Morgan fingerprint density at radius 2 is 1.78 bits per heavy atom. The van der Waals surface area contributed by atoms with Gasteiger partial charge >= 0.3 is 0 Å². The highest BCUT2D eigenvalue weighted by Crippen LogP contribution is 2.45. The minimum absolute atomic E-state index is 0.0853. The largest absolute Gasteiger partial charge is 0.506 e. The van der Waals surface area contributed by atoms with Gasteiger partial charge in [-0.25, -0.2) is 4.39 Å². The Hall–Kier alpha value is -2.02. The predicted octanol–water partition coefficient (Wildman–Crippen LogP) is 2.28. The molecule has 0 amide bonds. The van der Waals surface area contributed by atoms with Crippen molar-refractivity contribution in [1.29, 1.82) is 0 Å². The molecule has 1 saturated heterocycles. The van der Waals surface area contributed by atoms with Crippen molar-refractivity contribution in [3.8, 4) is 5.75 Å². The molecule has 4 atom stereocenters. The van der Waals surface area contributed by atoms with Crippen LogP contribution in [0.5, 0.6) is 5.75 Å². The molecule has 2 heterocycles. The van der Waals surface area contributed by atoms with Crippen molar-refractivity contribution in [2.45, 2.75) is 31.0 Å². The summed E-state index contributed by atoms with van der Waals surface area (Å²) in [5, 5.41) is 30.7. The lowest BCUT2D eigenvalue weighted by Gasteiger charge is -2.27. The third-order valence-corrected chi connectivity index (χ3v) is 5.93. The van der Waals surface area contributed by atoms with E-state index in [9.17, 15) is 19.7 Å². The third-order valence-electron chi connectivity index (χ3n) is 5.93. The van der Waals surface area contributed by atoms with Gasteiger partial charge in [-0.3, -0.25) is 9.88 Å². The number of hydrogen-bond acceptors (Lipinski definition) is 5. The summed E-state index contributed by atoms with van der Waals surface area (Å²) in [6.45, 7) is 2.21. The zero-order valence-corrected chi connectivity index (χ0v) is 15.1. The fourth-order valence-electron chi connectivity index (χ4n) is 4.77. The van der Waals surface area contributed by atoms with Crippen LogP contribution in [0.2, 0.25) is 0 Å². The summed E-state index contributed by atoms with van der Waals surface area (Å²) in [5.74, 6) is 0.652. The van der Waals surface area contributed by atoms with Gasteiger partial charge < -0.3 is 15.3 Å². The Morgan fingerprint density at radius 1 is 1.11 bits per heavy atom. The van der Waals surface area contributed by atoms with E-state index in [1.807, 2.05) is 0 Å². The fraction of sp³-hybridized carbons (Fsp3) is 0.476. The molecule has 1 saturated carbocycles. The molecule has 3 N–H and O–H groups in total. The number of pyridine rings is 1. The number of halogens is 1. The first-order valence-corrected chi connectivity index (χ1v) is 9.42. The van der Waals surface area contributed by atoms with Gasteiger partial charge in [0.15, 0.2) is 0 Å². The van der Waals surface area contributed by atoms with E-state index in [-0.39, 0.29) is 11.6 Å². The quantitative estimate of drug-likeness (QED) is 0.751. The molecule has 27 heavy (non-hydrogen) atoms. The number of β-amino-alcohol motifs (C(OH)–C–C–N with tert-alkyl or cyclic N) is 1. The highest BCUT2D eigenvalue weighted by molar-refractivity contribution is 5.20. The summed E-state index contributed by atoms with van der Waals surface area (Å²) in [4.78, 5) is 6.30. The SMILES string of the molecule is Oc1ccc(C(O)CN2CC3C[C@@](O)(Cc4ccc(F)cc4)C[C@@H]3C2)nc1. The van der Waals surface area contributed by atoms with Gasteiger partial charge in [0.25, 0.3) is 0 Å². The number of nitrogens with zero attached hydrogens (tertiary/aromatic N) is 2. The summed E-state index contributed by atoms with van der Waals surface area (Å²) in [6, 6.07) is 9.53. The Kier molecular flexibility index (Phi) is 4.88. The van der Waals surface area contributed by atoms with E-state index in [1.54, 1.807) is 18.2 Å². The molecule has 2 aliphatic rings. The number of rotatable bonds is 5. The smallest absolute Gasteiger partial charge is 0.133 e. The van der Waals surface area contributed by atoms with Gasteiger partial charge in [0.1, 0.15) is 17.7 Å². The molecular formula is C21H25FN2O3. The first kappa shape index (κ1) is 18.3. The van der Waals surface area contributed by atoms with Crippen molar-refractivity contribution < 1.29 is 19.7 Å². The van der Waals surface area contributed by atoms with Crippen molar-refractivity contribution in [3.63, 3.8) is 0 Å². The van der Waals surface area contributed by atoms with Crippen molar-refractivity contribution >= 4 is 0 Å². The van der Waals surface area contributed by atoms with Gasteiger partial charge in [-0.15, -0.1) is 0 Å². The van der Waals surface area contributed by atoms with Crippen LogP contribution in [0.25, 0.3) is 0 Å². The first-order chi connectivity index (χ1) is 12.9. The fourth-order valence-corrected chi connectivity index (χ4v) is 4.77. The summed E-state index contributed by atoms with van der Waals surface area (Å²) < 4.78 is 13.1. The minimum Gasteiger partial charge on any atom is -0.506 e. The summed E-state index contributed by atoms with van der Waals surface area (Å²) in [6.07, 6.45) is 2.67. The molecule has 0 bridgehead atoms. The molecule has 6 heteroatoms. The van der Waals surface area contributed by atoms with Gasteiger partial charge in [0, 0.05) is 26.1 Å². The van der Waals surface area contributed by atoms with E-state index in [0.717, 1.165) is 31.5 Å². The first-order valence-electron chi connectivity index (χ1n) is 9.42. The van der Waals surface area contributed by atoms with Crippen LogP contribution in [0.3, 0.4) is 0 Å². The third kappa shape index (κ3) is 4.13. The molecule has 2 aromatic rings. The van der Waals surface area contributed by atoms with E-state index in [1.165, 1.54) is 24.4 Å². The van der Waals surface area contributed by atoms with Crippen molar-refractivity contribution in [2.75, 3.05) is 19.6 Å². The summed E-state index contributed by atoms with van der Waals surface area (Å²) in [5.41, 5.74) is 0.790. The average molecular weight is 372 g/mol. The lowest BCUT2D eigenvalue weighted by Crippen LogP contribution is -2.33. The number of benzene rings is 1. The number of fused-ring (bicyclic) bond motifs is 1. The predicted molar refractivity (Wildman–Crippen MR) is 98.6 cm³/mol. The molecule has 2 unspecified atom stereocenters. The number of aliphatic hydroxyl groups is 2. The van der Waals surface area contributed by atoms with Crippen LogP contribution in [0, 0.1) is 17.7 Å². The lowest BCUT2D eigenvalue weighted by atomic mass is 9.91. The zero-order chi connectivity index (χ0) is 19.0. The number of aromatic hydroxyl groups is 1. The normalized spacial score (nSPS) is 29.0. The Morgan fingerprint density at radius 3 is 2.37 bits per heavy atom. The van der Waals surface area contributed by atoms with E-state index < -0.39 is 11.7 Å². The second kappa shape index (κ2) is 7.19. The maximum absolute atomic E-state index is 13.1. The standard InChI is InChI=1S/C21H25FN2O3/c22-17-3-1-14(2-4-17)7-21(27)8-15-11-24(12-16(15)9-21)13-20(26)19-6-5-18(25)10-23-19/h1-6,10,15-16,20,25-27H,7-9,11-13H2/t15-,16?,20?,21-/m1/s1. The van der Waals surface area contributed by atoms with Crippen molar-refractivity contribution in [1.82, 2.24) is 9.88 Å². The summed E-state index contributed by atoms with van der Waals surface area (Å²) in [7, 11) is 0. The highest BCUT2D eigenvalue weighted by Gasteiger charge is 2.48. The van der Waals surface area contributed by atoms with Crippen LogP contribution in [0.1, 0.15) is 30.2 Å². The molecule has 5 nitrogen and oxygen atoms in total. The van der Waals surface area contributed by atoms with Crippen molar-refractivity contribution in [3.05, 3.63) is 59.7 Å². The molecule has 4 rings (SSSR count). The molecule has 1 aliphatic carbocycles. The van der Waals surface area contributed by atoms with Gasteiger partial charge in [-0.2, -0.15) is 0 Å². The van der Waals surface area contributed by atoms with E-state index in [4.69, 9.17) is 0 Å². The van der Waals surface area contributed by atoms with Crippen LogP contribution < -0.4 is 0 Å². The maximum Gasteiger partial charge on any atom is 0.133 e. The van der Waals surface area contributed by atoms with E-state index in [0.29, 0.717) is 30.5 Å². The van der Waals surface area contributed by atoms with E-state index >= 15 is 0 Å². The highest BCUT2D eigenvalue weighted by atomic mass is 19.1. The molecule has 144 valence electrons. The molecule has 2 fully saturated rings. The number of aliphatic hydroxyl groups excluding tert-OH is 1. The maximum atomic E-state index is 13.1. The molecular weight excluding hydrogens is 347 g/mol. The van der Waals surface area contributed by atoms with Crippen LogP contribution in [0.15, 0.2) is 42.6 Å². The number of likely N-dealkylation sites (tertiary alicyclic amines) is 1. The Labute approximate surface area is 158 Å². The Balaban J connectivity index is 1.32. The molecule has 0 spiro atoms. The average Bonchev–Trinajstić information content (AvgIpc) is 3.11. The minimum atomic E-state index is -0.726. The van der Waals surface area contributed by atoms with Gasteiger partial charge in [0.2, 0.25) is 0 Å². The van der Waals surface area contributed by atoms with Crippen LogP contribution in [-0.4, -0.2) is 50.4 Å². The second-order valence-electron chi connectivity index (χ2n) is 8.13. The molecule has 1 aliphatic heterocycles. The molecule has 0 radical (unpaired) electrons. The topological polar surface area (TPSA) is 76.8 Å². The Bertz CT molecular complexity index is 767. The molecule has 1 aromatic carbocycles. The monoisotopic (exact) mass is 372 g/mol. The van der Waals surface area contributed by atoms with Gasteiger partial charge in [-0.05, 0) is 54.5 Å². The van der Waals surface area contributed by atoms with Crippen LogP contribution in [-0.2, 0) is 6.42 Å². The van der Waals surface area contributed by atoms with Gasteiger partial charge in [0.05, 0.1) is 17.5 Å².